The summed E-state index contributed by atoms with van der Waals surface area (Å²) < 4.78 is 13.5. The quantitative estimate of drug-likeness (QED) is 0.452. The second kappa shape index (κ2) is 9.03. The van der Waals surface area contributed by atoms with Crippen molar-refractivity contribution in [3.05, 3.63) is 52.5 Å². The Bertz CT molecular complexity index is 986. The molecule has 2 aromatic carbocycles. The van der Waals surface area contributed by atoms with E-state index in [1.165, 1.54) is 23.1 Å². The molecule has 0 bridgehead atoms. The van der Waals surface area contributed by atoms with Crippen molar-refractivity contribution in [2.45, 2.75) is 4.34 Å². The average Bonchev–Trinajstić information content (AvgIpc) is 3.08. The molecule has 0 unspecified atom stereocenters. The summed E-state index contributed by atoms with van der Waals surface area (Å²) in [7, 11) is 3.12. The predicted molar refractivity (Wildman–Crippen MR) is 111 cm³/mol. The van der Waals surface area contributed by atoms with E-state index in [0.717, 1.165) is 10.0 Å². The zero-order valence-corrected chi connectivity index (χ0v) is 17.1. The van der Waals surface area contributed by atoms with Crippen LogP contribution in [0.4, 0.5) is 5.69 Å². The summed E-state index contributed by atoms with van der Waals surface area (Å²) in [6.45, 7) is 0. The van der Waals surface area contributed by atoms with Crippen molar-refractivity contribution in [3.63, 3.8) is 0 Å². The molecule has 1 heterocycles. The number of benzene rings is 2. The van der Waals surface area contributed by atoms with Gasteiger partial charge in [0.2, 0.25) is 5.91 Å². The second-order valence-electron chi connectivity index (χ2n) is 5.28. The van der Waals surface area contributed by atoms with Crippen LogP contribution in [0.1, 0.15) is 0 Å². The van der Waals surface area contributed by atoms with Crippen LogP contribution in [0.3, 0.4) is 0 Å². The van der Waals surface area contributed by atoms with E-state index in [9.17, 15) is 4.79 Å². The third kappa shape index (κ3) is 4.88. The van der Waals surface area contributed by atoms with Gasteiger partial charge in [-0.15, -0.1) is 5.10 Å². The fraction of sp³-hybridized carbons (Fsp3) is 0.167. The van der Waals surface area contributed by atoms with Crippen LogP contribution in [0, 0.1) is 3.95 Å². The first kappa shape index (κ1) is 19.4. The Morgan fingerprint density at radius 3 is 2.70 bits per heavy atom. The number of nitrogens with one attached hydrogen (secondary N) is 1. The number of thioether (sulfide) groups is 1. The molecule has 0 spiro atoms. The Kier molecular flexibility index (Phi) is 6.49. The van der Waals surface area contributed by atoms with Gasteiger partial charge in [-0.05, 0) is 36.5 Å². The van der Waals surface area contributed by atoms with Gasteiger partial charge >= 0.3 is 0 Å². The van der Waals surface area contributed by atoms with Crippen LogP contribution in [-0.4, -0.2) is 35.7 Å². The van der Waals surface area contributed by atoms with E-state index < -0.39 is 0 Å². The van der Waals surface area contributed by atoms with Crippen LogP contribution in [0.15, 0.2) is 52.9 Å². The summed E-state index contributed by atoms with van der Waals surface area (Å²) in [6, 6.07) is 14.9. The maximum atomic E-state index is 12.3. The van der Waals surface area contributed by atoms with E-state index in [2.05, 4.69) is 10.4 Å². The first-order valence-corrected chi connectivity index (χ1v) is 10.1. The molecule has 3 aromatic rings. The van der Waals surface area contributed by atoms with E-state index in [4.69, 9.17) is 21.7 Å². The monoisotopic (exact) mass is 419 g/mol. The summed E-state index contributed by atoms with van der Waals surface area (Å²) in [6.07, 6.45) is 0. The van der Waals surface area contributed by atoms with Crippen molar-refractivity contribution in [1.29, 1.82) is 0 Å². The molecule has 0 fully saturated rings. The Hall–Kier alpha value is -2.36. The van der Waals surface area contributed by atoms with Gasteiger partial charge in [-0.2, -0.15) is 0 Å². The van der Waals surface area contributed by atoms with Crippen LogP contribution >= 0.6 is 35.3 Å². The Labute approximate surface area is 170 Å². The van der Waals surface area contributed by atoms with Gasteiger partial charge in [0.1, 0.15) is 11.5 Å². The molecular weight excluding hydrogens is 402 g/mol. The van der Waals surface area contributed by atoms with Gasteiger partial charge < -0.3 is 14.8 Å². The number of para-hydroxylation sites is 1. The maximum Gasteiger partial charge on any atom is 0.234 e. The number of carbonyl (C=O) groups excluding carboxylic acids is 1. The molecule has 27 heavy (non-hydrogen) atoms. The van der Waals surface area contributed by atoms with Crippen LogP contribution in [0.2, 0.25) is 0 Å². The molecule has 1 amide bonds. The lowest BCUT2D eigenvalue weighted by Gasteiger charge is -2.11. The number of ether oxygens (including phenoxy) is 2. The number of anilines is 1. The molecule has 1 aromatic heterocycles. The normalized spacial score (nSPS) is 10.4. The minimum absolute atomic E-state index is 0.157. The van der Waals surface area contributed by atoms with Gasteiger partial charge in [0, 0.05) is 6.07 Å². The number of hydrogen-bond acceptors (Lipinski definition) is 7. The highest BCUT2D eigenvalue weighted by atomic mass is 32.2. The predicted octanol–water partition coefficient (Wildman–Crippen LogP) is 4.41. The standard InChI is InChI=1S/C18H17N3O3S3/c1-23-13-8-9-14(15(10-13)24-2)19-16(22)11-26-17-20-21(18(25)27-17)12-6-4-3-5-7-12/h3-10H,11H2,1-2H3,(H,19,22). The van der Waals surface area contributed by atoms with Crippen molar-refractivity contribution < 1.29 is 14.3 Å². The van der Waals surface area contributed by atoms with Crippen LogP contribution in [-0.2, 0) is 4.79 Å². The fourth-order valence-corrected chi connectivity index (χ4v) is 4.43. The van der Waals surface area contributed by atoms with Gasteiger partial charge in [0.05, 0.1) is 31.3 Å². The molecule has 0 aliphatic carbocycles. The molecule has 0 atom stereocenters. The van der Waals surface area contributed by atoms with Crippen molar-refractivity contribution in [2.24, 2.45) is 0 Å². The van der Waals surface area contributed by atoms with Crippen LogP contribution in [0.25, 0.3) is 5.69 Å². The van der Waals surface area contributed by atoms with E-state index in [-0.39, 0.29) is 11.7 Å². The first-order chi connectivity index (χ1) is 13.1. The highest BCUT2D eigenvalue weighted by Crippen LogP contribution is 2.30. The van der Waals surface area contributed by atoms with E-state index in [0.29, 0.717) is 21.1 Å². The van der Waals surface area contributed by atoms with Crippen molar-refractivity contribution in [1.82, 2.24) is 9.78 Å². The third-order valence-corrected chi connectivity index (χ3v) is 5.90. The lowest BCUT2D eigenvalue weighted by molar-refractivity contribution is -0.113. The number of aromatic nitrogens is 2. The summed E-state index contributed by atoms with van der Waals surface area (Å²) in [5, 5.41) is 7.33. The molecule has 3 rings (SSSR count). The van der Waals surface area contributed by atoms with Gasteiger partial charge in [-0.1, -0.05) is 41.3 Å². The second-order valence-corrected chi connectivity index (χ2v) is 8.13. The number of nitrogens with zero attached hydrogens (tertiary/aromatic N) is 2. The maximum absolute atomic E-state index is 12.3. The molecule has 0 aliphatic heterocycles. The zero-order valence-electron chi connectivity index (χ0n) is 14.7. The van der Waals surface area contributed by atoms with Gasteiger partial charge in [-0.25, -0.2) is 4.68 Å². The molecule has 6 nitrogen and oxygen atoms in total. The van der Waals surface area contributed by atoms with Crippen LogP contribution < -0.4 is 14.8 Å². The first-order valence-electron chi connectivity index (χ1n) is 7.91. The average molecular weight is 420 g/mol. The number of rotatable bonds is 7. The molecule has 9 heteroatoms. The molecule has 0 saturated heterocycles. The minimum atomic E-state index is -0.157. The lowest BCUT2D eigenvalue weighted by Crippen LogP contribution is -2.14. The highest BCUT2D eigenvalue weighted by molar-refractivity contribution is 8.01. The third-order valence-electron chi connectivity index (χ3n) is 3.54. The molecule has 1 N–H and O–H groups in total. The molecule has 140 valence electrons. The van der Waals surface area contributed by atoms with E-state index in [1.807, 2.05) is 30.3 Å². The highest BCUT2D eigenvalue weighted by Gasteiger charge is 2.12. The number of carbonyl (C=O) groups is 1. The Morgan fingerprint density at radius 2 is 2.00 bits per heavy atom. The summed E-state index contributed by atoms with van der Waals surface area (Å²) in [5.41, 5.74) is 1.49. The van der Waals surface area contributed by atoms with E-state index >= 15 is 0 Å². The summed E-state index contributed by atoms with van der Waals surface area (Å²) >= 11 is 8.09. The number of methoxy groups -OCH3 is 2. The van der Waals surface area contributed by atoms with Crippen LogP contribution in [0.5, 0.6) is 11.5 Å². The molecule has 0 aliphatic rings. The molecular formula is C18H17N3O3S3. The van der Waals surface area contributed by atoms with Gasteiger partial charge in [0.25, 0.3) is 0 Å². The smallest absolute Gasteiger partial charge is 0.234 e. The van der Waals surface area contributed by atoms with Gasteiger partial charge in [-0.3, -0.25) is 4.79 Å². The molecule has 0 saturated carbocycles. The number of amides is 1. The SMILES string of the molecule is COc1ccc(NC(=O)CSc2nn(-c3ccccc3)c(=S)s2)c(OC)c1. The fourth-order valence-electron chi connectivity index (χ4n) is 2.27. The lowest BCUT2D eigenvalue weighted by atomic mass is 10.2. The van der Waals surface area contributed by atoms with E-state index in [1.54, 1.807) is 37.1 Å². The largest absolute Gasteiger partial charge is 0.497 e. The Balaban J connectivity index is 1.64. The summed E-state index contributed by atoms with van der Waals surface area (Å²) in [5.74, 6) is 1.25. The van der Waals surface area contributed by atoms with Crippen molar-refractivity contribution >= 4 is 46.9 Å². The zero-order chi connectivity index (χ0) is 19.2. The van der Waals surface area contributed by atoms with Crippen molar-refractivity contribution in [3.8, 4) is 17.2 Å². The summed E-state index contributed by atoms with van der Waals surface area (Å²) in [4.78, 5) is 12.3. The molecule has 0 radical (unpaired) electrons. The van der Waals surface area contributed by atoms with Crippen molar-refractivity contribution in [2.75, 3.05) is 25.3 Å². The van der Waals surface area contributed by atoms with Gasteiger partial charge in [0.15, 0.2) is 8.29 Å². The Morgan fingerprint density at radius 1 is 1.22 bits per heavy atom. The topological polar surface area (TPSA) is 65.4 Å². The number of hydrogen-bond donors (Lipinski definition) is 1. The minimum Gasteiger partial charge on any atom is -0.497 e.